The van der Waals surface area contributed by atoms with E-state index in [1.165, 1.54) is 6.20 Å². The Bertz CT molecular complexity index is 373. The zero-order chi connectivity index (χ0) is 10.8. The first-order valence-corrected chi connectivity index (χ1v) is 5.15. The fourth-order valence-corrected chi connectivity index (χ4v) is 1.84. The van der Waals surface area contributed by atoms with Gasteiger partial charge in [0.05, 0.1) is 5.69 Å². The number of aromatic nitrogens is 1. The molecule has 1 aliphatic rings. The van der Waals surface area contributed by atoms with Crippen LogP contribution < -0.4 is 4.90 Å². The highest BCUT2D eigenvalue weighted by Gasteiger charge is 2.28. The van der Waals surface area contributed by atoms with E-state index in [2.05, 4.69) is 16.8 Å². The van der Waals surface area contributed by atoms with E-state index in [0.29, 0.717) is 5.92 Å². The standard InChI is InChI=1S/C11H14N2O2/c1-2-8-6-13(7-8)9-4-3-5-12-10(9)11(14)15/h3-5,8H,2,6-7H2,1H3,(H,14,15). The van der Waals surface area contributed by atoms with Crippen molar-refractivity contribution in [3.8, 4) is 0 Å². The minimum atomic E-state index is -0.953. The van der Waals surface area contributed by atoms with Gasteiger partial charge < -0.3 is 10.0 Å². The van der Waals surface area contributed by atoms with Crippen LogP contribution in [0.5, 0.6) is 0 Å². The highest BCUT2D eigenvalue weighted by atomic mass is 16.4. The molecule has 1 aromatic heterocycles. The van der Waals surface area contributed by atoms with Crippen LogP contribution in [0.3, 0.4) is 0 Å². The number of hydrogen-bond acceptors (Lipinski definition) is 3. The van der Waals surface area contributed by atoms with Gasteiger partial charge in [0.1, 0.15) is 0 Å². The first kappa shape index (κ1) is 9.96. The van der Waals surface area contributed by atoms with Crippen LogP contribution >= 0.6 is 0 Å². The normalized spacial score (nSPS) is 16.2. The number of nitrogens with zero attached hydrogens (tertiary/aromatic N) is 2. The van der Waals surface area contributed by atoms with Crippen molar-refractivity contribution in [3.05, 3.63) is 24.0 Å². The summed E-state index contributed by atoms with van der Waals surface area (Å²) in [4.78, 5) is 16.9. The molecule has 0 saturated carbocycles. The molecule has 0 radical (unpaired) electrons. The molecule has 15 heavy (non-hydrogen) atoms. The third-order valence-electron chi connectivity index (χ3n) is 2.86. The molecule has 0 amide bonds. The van der Waals surface area contributed by atoms with E-state index in [-0.39, 0.29) is 5.69 Å². The van der Waals surface area contributed by atoms with Crippen molar-refractivity contribution in [2.75, 3.05) is 18.0 Å². The lowest BCUT2D eigenvalue weighted by molar-refractivity contribution is 0.0691. The molecule has 1 N–H and O–H groups in total. The molecule has 2 heterocycles. The molecule has 0 aromatic carbocycles. The second-order valence-electron chi connectivity index (χ2n) is 3.86. The topological polar surface area (TPSA) is 53.4 Å². The molecule has 0 spiro atoms. The predicted octanol–water partition coefficient (Wildman–Crippen LogP) is 1.63. The predicted molar refractivity (Wildman–Crippen MR) is 57.2 cm³/mol. The number of carboxylic acid groups (broad SMARTS) is 1. The molecule has 2 rings (SSSR count). The fourth-order valence-electron chi connectivity index (χ4n) is 1.84. The van der Waals surface area contributed by atoms with Gasteiger partial charge >= 0.3 is 5.97 Å². The average molecular weight is 206 g/mol. The van der Waals surface area contributed by atoms with Gasteiger partial charge in [-0.05, 0) is 24.5 Å². The van der Waals surface area contributed by atoms with Crippen molar-refractivity contribution < 1.29 is 9.90 Å². The van der Waals surface area contributed by atoms with Crippen LogP contribution in [0.4, 0.5) is 5.69 Å². The third-order valence-corrected chi connectivity index (χ3v) is 2.86. The fraction of sp³-hybridized carbons (Fsp3) is 0.455. The maximum atomic E-state index is 10.9. The van der Waals surface area contributed by atoms with Crippen LogP contribution in [0.25, 0.3) is 0 Å². The van der Waals surface area contributed by atoms with E-state index < -0.39 is 5.97 Å². The molecule has 0 unspecified atom stereocenters. The zero-order valence-corrected chi connectivity index (χ0v) is 8.68. The largest absolute Gasteiger partial charge is 0.476 e. The van der Waals surface area contributed by atoms with Crippen molar-refractivity contribution >= 4 is 11.7 Å². The van der Waals surface area contributed by atoms with Crippen molar-refractivity contribution in [2.45, 2.75) is 13.3 Å². The van der Waals surface area contributed by atoms with Crippen LogP contribution in [0.2, 0.25) is 0 Å². The highest BCUT2D eigenvalue weighted by Crippen LogP contribution is 2.28. The zero-order valence-electron chi connectivity index (χ0n) is 8.68. The number of rotatable bonds is 3. The first-order valence-electron chi connectivity index (χ1n) is 5.15. The van der Waals surface area contributed by atoms with Crippen LogP contribution in [0, 0.1) is 5.92 Å². The van der Waals surface area contributed by atoms with Gasteiger partial charge in [0.15, 0.2) is 5.69 Å². The first-order chi connectivity index (χ1) is 7.22. The van der Waals surface area contributed by atoms with E-state index in [1.807, 2.05) is 6.07 Å². The Morgan fingerprint density at radius 3 is 3.00 bits per heavy atom. The Kier molecular flexibility index (Phi) is 2.58. The summed E-state index contributed by atoms with van der Waals surface area (Å²) in [5, 5.41) is 8.97. The number of carboxylic acids is 1. The third kappa shape index (κ3) is 1.79. The van der Waals surface area contributed by atoms with Crippen LogP contribution in [-0.2, 0) is 0 Å². The van der Waals surface area contributed by atoms with Gasteiger partial charge in [-0.2, -0.15) is 0 Å². The molecular weight excluding hydrogens is 192 g/mol. The molecule has 4 nitrogen and oxygen atoms in total. The van der Waals surface area contributed by atoms with Crippen molar-refractivity contribution in [3.63, 3.8) is 0 Å². The lowest BCUT2D eigenvalue weighted by Crippen LogP contribution is -2.47. The average Bonchev–Trinajstić information content (AvgIpc) is 2.16. The SMILES string of the molecule is CCC1CN(c2cccnc2C(=O)O)C1. The van der Waals surface area contributed by atoms with Gasteiger partial charge in [-0.1, -0.05) is 6.92 Å². The lowest BCUT2D eigenvalue weighted by Gasteiger charge is -2.40. The Balaban J connectivity index is 2.18. The Morgan fingerprint density at radius 2 is 2.40 bits per heavy atom. The van der Waals surface area contributed by atoms with Crippen LogP contribution in [-0.4, -0.2) is 29.1 Å². The number of carbonyl (C=O) groups is 1. The summed E-state index contributed by atoms with van der Waals surface area (Å²) in [5.74, 6) is -0.252. The molecule has 0 atom stereocenters. The molecule has 1 fully saturated rings. The molecule has 80 valence electrons. The summed E-state index contributed by atoms with van der Waals surface area (Å²) >= 11 is 0. The van der Waals surface area contributed by atoms with E-state index in [4.69, 9.17) is 5.11 Å². The second kappa shape index (κ2) is 3.88. The molecule has 1 aliphatic heterocycles. The summed E-state index contributed by atoms with van der Waals surface area (Å²) in [7, 11) is 0. The van der Waals surface area contributed by atoms with E-state index in [9.17, 15) is 4.79 Å². The molecular formula is C11H14N2O2. The second-order valence-corrected chi connectivity index (χ2v) is 3.86. The minimum Gasteiger partial charge on any atom is -0.476 e. The number of anilines is 1. The van der Waals surface area contributed by atoms with Gasteiger partial charge in [-0.3, -0.25) is 0 Å². The summed E-state index contributed by atoms with van der Waals surface area (Å²) < 4.78 is 0. The summed E-state index contributed by atoms with van der Waals surface area (Å²) in [5.41, 5.74) is 0.904. The van der Waals surface area contributed by atoms with E-state index in [0.717, 1.165) is 25.2 Å². The Hall–Kier alpha value is -1.58. The number of pyridine rings is 1. The Morgan fingerprint density at radius 1 is 1.67 bits per heavy atom. The van der Waals surface area contributed by atoms with Crippen molar-refractivity contribution in [1.82, 2.24) is 4.98 Å². The van der Waals surface area contributed by atoms with Gasteiger partial charge in [0.2, 0.25) is 0 Å². The number of aromatic carboxylic acids is 1. The number of hydrogen-bond donors (Lipinski definition) is 1. The van der Waals surface area contributed by atoms with Gasteiger partial charge in [0, 0.05) is 19.3 Å². The van der Waals surface area contributed by atoms with Crippen molar-refractivity contribution in [2.24, 2.45) is 5.92 Å². The summed E-state index contributed by atoms with van der Waals surface area (Å²) in [6, 6.07) is 3.60. The molecule has 4 heteroatoms. The smallest absolute Gasteiger partial charge is 0.356 e. The maximum absolute atomic E-state index is 10.9. The van der Waals surface area contributed by atoms with E-state index in [1.54, 1.807) is 6.07 Å². The van der Waals surface area contributed by atoms with Gasteiger partial charge in [0.25, 0.3) is 0 Å². The van der Waals surface area contributed by atoms with Crippen LogP contribution in [0.15, 0.2) is 18.3 Å². The molecule has 0 bridgehead atoms. The summed E-state index contributed by atoms with van der Waals surface area (Å²) in [6.45, 7) is 4.05. The van der Waals surface area contributed by atoms with Crippen molar-refractivity contribution in [1.29, 1.82) is 0 Å². The van der Waals surface area contributed by atoms with Gasteiger partial charge in [-0.15, -0.1) is 0 Å². The maximum Gasteiger partial charge on any atom is 0.356 e. The minimum absolute atomic E-state index is 0.159. The van der Waals surface area contributed by atoms with Crippen LogP contribution in [0.1, 0.15) is 23.8 Å². The quantitative estimate of drug-likeness (QED) is 0.816. The molecule has 0 aliphatic carbocycles. The molecule has 1 saturated heterocycles. The highest BCUT2D eigenvalue weighted by molar-refractivity contribution is 5.92. The van der Waals surface area contributed by atoms with E-state index >= 15 is 0 Å². The summed E-state index contributed by atoms with van der Waals surface area (Å²) in [6.07, 6.45) is 2.67. The monoisotopic (exact) mass is 206 g/mol. The Labute approximate surface area is 88.6 Å². The molecule has 1 aromatic rings. The lowest BCUT2D eigenvalue weighted by atomic mass is 9.96. The van der Waals surface area contributed by atoms with Gasteiger partial charge in [-0.25, -0.2) is 9.78 Å².